The number of nitro groups is 1. The van der Waals surface area contributed by atoms with Gasteiger partial charge in [0.15, 0.2) is 11.5 Å². The highest BCUT2D eigenvalue weighted by atomic mass is 16.6. The zero-order chi connectivity index (χ0) is 29.3. The van der Waals surface area contributed by atoms with Gasteiger partial charge in [0.25, 0.3) is 17.4 Å². The number of rotatable bonds is 9. The zero-order valence-electron chi connectivity index (χ0n) is 22.5. The van der Waals surface area contributed by atoms with Gasteiger partial charge in [-0.1, -0.05) is 6.07 Å². The summed E-state index contributed by atoms with van der Waals surface area (Å²) in [6.07, 6.45) is 2.25. The first-order chi connectivity index (χ1) is 19.8. The Morgan fingerprint density at radius 3 is 2.37 bits per heavy atom. The first kappa shape index (κ1) is 27.3. The lowest BCUT2D eigenvalue weighted by Gasteiger charge is -2.26. The number of methoxy groups -OCH3 is 3. The van der Waals surface area contributed by atoms with Crippen LogP contribution in [0.1, 0.15) is 22.7 Å². The normalized spacial score (nSPS) is 16.3. The number of aromatic nitrogens is 1. The van der Waals surface area contributed by atoms with Crippen LogP contribution in [0.15, 0.2) is 72.4 Å². The molecule has 0 aliphatic carbocycles. The van der Waals surface area contributed by atoms with Gasteiger partial charge in [-0.15, -0.1) is 0 Å². The Morgan fingerprint density at radius 2 is 1.71 bits per heavy atom. The second-order valence-electron chi connectivity index (χ2n) is 9.39. The molecule has 3 aromatic carbocycles. The second-order valence-corrected chi connectivity index (χ2v) is 9.39. The molecule has 11 heteroatoms. The molecular formula is C30H27N3O8. The molecule has 1 aromatic heterocycles. The monoisotopic (exact) mass is 557 g/mol. The number of nitrogens with zero attached hydrogens (tertiary/aromatic N) is 2. The summed E-state index contributed by atoms with van der Waals surface area (Å²) in [5.74, 6) is -0.539. The van der Waals surface area contributed by atoms with Crippen LogP contribution in [0.25, 0.3) is 16.7 Å². The van der Waals surface area contributed by atoms with Gasteiger partial charge in [0.1, 0.15) is 11.5 Å². The lowest BCUT2D eigenvalue weighted by molar-refractivity contribution is -0.384. The Morgan fingerprint density at radius 1 is 0.976 bits per heavy atom. The molecule has 0 bridgehead atoms. The van der Waals surface area contributed by atoms with Gasteiger partial charge in [0.2, 0.25) is 0 Å². The number of carbonyl (C=O) groups excluding carboxylic acids is 2. The predicted molar refractivity (Wildman–Crippen MR) is 150 cm³/mol. The fourth-order valence-electron chi connectivity index (χ4n) is 5.11. The summed E-state index contributed by atoms with van der Waals surface area (Å²) >= 11 is 0. The van der Waals surface area contributed by atoms with Crippen LogP contribution in [0.5, 0.6) is 17.2 Å². The summed E-state index contributed by atoms with van der Waals surface area (Å²) in [5, 5.41) is 23.3. The molecule has 1 aliphatic rings. The van der Waals surface area contributed by atoms with Crippen LogP contribution in [0, 0.1) is 10.1 Å². The summed E-state index contributed by atoms with van der Waals surface area (Å²) in [4.78, 5) is 42.0. The van der Waals surface area contributed by atoms with Crippen LogP contribution < -0.4 is 14.2 Å². The number of aliphatic hydroxyl groups excluding tert-OH is 1. The van der Waals surface area contributed by atoms with Gasteiger partial charge in [-0.25, -0.2) is 0 Å². The number of ether oxygens (including phenoxy) is 3. The van der Waals surface area contributed by atoms with Crippen molar-refractivity contribution in [2.75, 3.05) is 27.9 Å². The molecule has 2 heterocycles. The summed E-state index contributed by atoms with van der Waals surface area (Å²) in [5.41, 5.74) is 2.21. The summed E-state index contributed by atoms with van der Waals surface area (Å²) in [7, 11) is 4.55. The maximum Gasteiger partial charge on any atom is 0.295 e. The standard InChI is InChI=1S/C30H27N3O8/c1-39-21-9-10-23-22(15-21)19(16-31-23)12-13-32-27(18-6-11-24(40-2)25(14-18)41-3)26(29(35)30(32)36)28(34)17-4-7-20(8-5-17)33(37)38/h4-11,14-16,27,31,34H,12-13H2,1-3H3/b28-26-. The molecule has 0 spiro atoms. The molecule has 11 nitrogen and oxygen atoms in total. The van der Waals surface area contributed by atoms with Gasteiger partial charge in [-0.2, -0.15) is 0 Å². The highest BCUT2D eigenvalue weighted by Crippen LogP contribution is 2.42. The van der Waals surface area contributed by atoms with Crippen LogP contribution >= 0.6 is 0 Å². The molecule has 4 aromatic rings. The molecule has 210 valence electrons. The fourth-order valence-corrected chi connectivity index (χ4v) is 5.11. The Balaban J connectivity index is 1.59. The average Bonchev–Trinajstić information content (AvgIpc) is 3.52. The summed E-state index contributed by atoms with van der Waals surface area (Å²) in [6, 6.07) is 14.8. The predicted octanol–water partition coefficient (Wildman–Crippen LogP) is 4.77. The van der Waals surface area contributed by atoms with Crippen LogP contribution in [0.3, 0.4) is 0 Å². The number of hydrogen-bond donors (Lipinski definition) is 2. The van der Waals surface area contributed by atoms with E-state index in [0.717, 1.165) is 16.5 Å². The third-order valence-corrected chi connectivity index (χ3v) is 7.21. The quantitative estimate of drug-likeness (QED) is 0.0985. The molecular weight excluding hydrogens is 530 g/mol. The summed E-state index contributed by atoms with van der Waals surface area (Å²) in [6.45, 7) is 0.158. The van der Waals surface area contributed by atoms with E-state index in [1.54, 1.807) is 25.3 Å². The molecule has 5 rings (SSSR count). The average molecular weight is 558 g/mol. The number of hydrogen-bond acceptors (Lipinski definition) is 8. The van der Waals surface area contributed by atoms with Crippen molar-refractivity contribution in [3.8, 4) is 17.2 Å². The van der Waals surface area contributed by atoms with E-state index >= 15 is 0 Å². The van der Waals surface area contributed by atoms with E-state index in [0.29, 0.717) is 29.2 Å². The number of Topliss-reactive ketones (excluding diaryl/α,β-unsaturated/α-hetero) is 1. The van der Waals surface area contributed by atoms with E-state index in [4.69, 9.17) is 14.2 Å². The number of ketones is 1. The largest absolute Gasteiger partial charge is 0.507 e. The highest BCUT2D eigenvalue weighted by molar-refractivity contribution is 6.46. The number of nitro benzene ring substituents is 1. The van der Waals surface area contributed by atoms with Crippen molar-refractivity contribution in [1.82, 2.24) is 9.88 Å². The maximum absolute atomic E-state index is 13.4. The van der Waals surface area contributed by atoms with Crippen LogP contribution in [-0.4, -0.2) is 59.5 Å². The lowest BCUT2D eigenvalue weighted by atomic mass is 9.94. The molecule has 1 atom stereocenters. The van der Waals surface area contributed by atoms with Crippen LogP contribution in [0.2, 0.25) is 0 Å². The van der Waals surface area contributed by atoms with Gasteiger partial charge in [-0.3, -0.25) is 19.7 Å². The first-order valence-electron chi connectivity index (χ1n) is 12.7. The fraction of sp³-hybridized carbons (Fsp3) is 0.200. The van der Waals surface area contributed by atoms with E-state index < -0.39 is 28.4 Å². The van der Waals surface area contributed by atoms with Gasteiger partial charge >= 0.3 is 0 Å². The maximum atomic E-state index is 13.4. The number of aliphatic hydroxyl groups is 1. The molecule has 1 unspecified atom stereocenters. The molecule has 0 radical (unpaired) electrons. The topological polar surface area (TPSA) is 144 Å². The molecule has 1 fully saturated rings. The van der Waals surface area contributed by atoms with Crippen LogP contribution in [-0.2, 0) is 16.0 Å². The number of H-pyrrole nitrogens is 1. The number of likely N-dealkylation sites (tertiary alicyclic amines) is 1. The molecule has 41 heavy (non-hydrogen) atoms. The van der Waals surface area contributed by atoms with Gasteiger partial charge < -0.3 is 29.2 Å². The Bertz CT molecular complexity index is 1690. The third kappa shape index (κ3) is 4.93. The van der Waals surface area contributed by atoms with Crippen LogP contribution in [0.4, 0.5) is 5.69 Å². The Labute approximate surface area is 234 Å². The number of fused-ring (bicyclic) bond motifs is 1. The molecule has 0 saturated carbocycles. The minimum Gasteiger partial charge on any atom is -0.507 e. The highest BCUT2D eigenvalue weighted by Gasteiger charge is 2.46. The van der Waals surface area contributed by atoms with Gasteiger partial charge in [-0.05, 0) is 60.0 Å². The lowest BCUT2D eigenvalue weighted by Crippen LogP contribution is -2.31. The second kappa shape index (κ2) is 11.0. The molecule has 1 saturated heterocycles. The number of aromatic amines is 1. The van der Waals surface area contributed by atoms with Gasteiger partial charge in [0.05, 0.1) is 37.9 Å². The first-order valence-corrected chi connectivity index (χ1v) is 12.7. The number of non-ortho nitro benzene ring substituents is 1. The number of nitrogens with one attached hydrogen (secondary N) is 1. The van der Waals surface area contributed by atoms with Crippen molar-refractivity contribution in [1.29, 1.82) is 0 Å². The van der Waals surface area contributed by atoms with Crippen molar-refractivity contribution in [3.05, 3.63) is 99.2 Å². The number of benzene rings is 3. The van der Waals surface area contributed by atoms with E-state index in [2.05, 4.69) is 4.98 Å². The number of carbonyl (C=O) groups is 2. The molecule has 1 aliphatic heterocycles. The van der Waals surface area contributed by atoms with Crippen molar-refractivity contribution in [3.63, 3.8) is 0 Å². The van der Waals surface area contributed by atoms with E-state index in [1.807, 2.05) is 24.4 Å². The zero-order valence-corrected chi connectivity index (χ0v) is 22.5. The van der Waals surface area contributed by atoms with Crippen molar-refractivity contribution in [2.24, 2.45) is 0 Å². The van der Waals surface area contributed by atoms with Crippen molar-refractivity contribution >= 4 is 34.0 Å². The Kier molecular flexibility index (Phi) is 7.34. The third-order valence-electron chi connectivity index (χ3n) is 7.21. The van der Waals surface area contributed by atoms with E-state index in [-0.39, 0.29) is 23.4 Å². The molecule has 1 amide bonds. The number of amides is 1. The van der Waals surface area contributed by atoms with Crippen molar-refractivity contribution in [2.45, 2.75) is 12.5 Å². The van der Waals surface area contributed by atoms with Crippen molar-refractivity contribution < 1.29 is 33.8 Å². The SMILES string of the molecule is COc1ccc2[nH]cc(CCN3C(=O)C(=O)/C(=C(\O)c4ccc([N+](=O)[O-])cc4)C3c3ccc(OC)c(OC)c3)c2c1. The smallest absolute Gasteiger partial charge is 0.295 e. The Hall–Kier alpha value is -5.32. The summed E-state index contributed by atoms with van der Waals surface area (Å²) < 4.78 is 16.2. The minimum absolute atomic E-state index is 0.128. The van der Waals surface area contributed by atoms with E-state index in [9.17, 15) is 24.8 Å². The minimum atomic E-state index is -0.954. The van der Waals surface area contributed by atoms with E-state index in [1.165, 1.54) is 43.4 Å². The van der Waals surface area contributed by atoms with Gasteiger partial charge in [0, 0.05) is 41.3 Å². The molecule has 2 N–H and O–H groups in total.